The van der Waals surface area contributed by atoms with Crippen molar-refractivity contribution < 1.29 is 33.8 Å². The molecule has 0 radical (unpaired) electrons. The van der Waals surface area contributed by atoms with Gasteiger partial charge < -0.3 is 34.6 Å². The molecule has 4 aliphatic heterocycles. The number of aliphatic hydroxyl groups is 1. The quantitative estimate of drug-likeness (QED) is 0.236. The van der Waals surface area contributed by atoms with Crippen molar-refractivity contribution in [3.63, 3.8) is 0 Å². The molecule has 2 aromatic carbocycles. The number of carbonyl (C=O) groups excluding carboxylic acids is 4. The summed E-state index contributed by atoms with van der Waals surface area (Å²) in [4.78, 5) is 61.7. The zero-order valence-electron chi connectivity index (χ0n) is 28.2. The number of esters is 1. The van der Waals surface area contributed by atoms with Gasteiger partial charge in [-0.05, 0) is 62.9 Å². The highest BCUT2D eigenvalue weighted by atomic mass is 16.6. The number of aliphatic hydroxyl groups excluding tert-OH is 1. The second-order valence-corrected chi connectivity index (χ2v) is 13.0. The molecule has 0 unspecified atom stereocenters. The van der Waals surface area contributed by atoms with Gasteiger partial charge in [0.05, 0.1) is 18.6 Å². The van der Waals surface area contributed by atoms with E-state index in [0.29, 0.717) is 30.5 Å². The van der Waals surface area contributed by atoms with Gasteiger partial charge in [-0.1, -0.05) is 54.6 Å². The van der Waals surface area contributed by atoms with Crippen LogP contribution < -0.4 is 15.1 Å². The van der Waals surface area contributed by atoms with E-state index >= 15 is 0 Å². The Balaban J connectivity index is 1.39. The molecule has 4 aliphatic rings. The van der Waals surface area contributed by atoms with Gasteiger partial charge in [-0.2, -0.15) is 0 Å². The zero-order chi connectivity index (χ0) is 34.5. The number of amides is 3. The number of nitrogens with one attached hydrogen (secondary N) is 1. The highest BCUT2D eigenvalue weighted by Crippen LogP contribution is 2.53. The SMILES string of the molecule is CCN(CC)c1ccc(N2CC=C[C@]34O[C@@H]5/C=C\CCC(=O)NC[C@@H](c6ccccc6)OC(=O)[C@@H]5[C@H]3C(=O)N(CCCCO)[C@@H]4C2=O)cc1. The highest BCUT2D eigenvalue weighted by molar-refractivity contribution is 6.05. The van der Waals surface area contributed by atoms with Crippen LogP contribution in [-0.2, 0) is 28.7 Å². The number of ether oxygens (including phenoxy) is 2. The molecule has 6 atom stereocenters. The summed E-state index contributed by atoms with van der Waals surface area (Å²) in [6.45, 7) is 6.42. The second kappa shape index (κ2) is 15.0. The minimum Gasteiger partial charge on any atom is -0.455 e. The molecule has 0 bridgehead atoms. The fraction of sp³-hybridized carbons (Fsp3) is 0.474. The summed E-state index contributed by atoms with van der Waals surface area (Å²) in [7, 11) is 0. The monoisotopic (exact) mass is 670 g/mol. The maximum atomic E-state index is 14.8. The van der Waals surface area contributed by atoms with Gasteiger partial charge in [0.2, 0.25) is 11.8 Å². The van der Waals surface area contributed by atoms with Gasteiger partial charge >= 0.3 is 5.97 Å². The van der Waals surface area contributed by atoms with Gasteiger partial charge in [-0.25, -0.2) is 0 Å². The van der Waals surface area contributed by atoms with E-state index in [0.717, 1.165) is 18.8 Å². The molecule has 2 N–H and O–H groups in total. The topological polar surface area (TPSA) is 129 Å². The molecule has 4 heterocycles. The first-order chi connectivity index (χ1) is 23.8. The van der Waals surface area contributed by atoms with Crippen LogP contribution in [0, 0.1) is 11.8 Å². The average Bonchev–Trinajstić information content (AvgIpc) is 3.49. The van der Waals surface area contributed by atoms with Gasteiger partial charge in [-0.3, -0.25) is 19.2 Å². The number of likely N-dealkylation sites (tertiary alicyclic amines) is 1. The summed E-state index contributed by atoms with van der Waals surface area (Å²) < 4.78 is 12.9. The van der Waals surface area contributed by atoms with Crippen molar-refractivity contribution in [1.29, 1.82) is 0 Å². The van der Waals surface area contributed by atoms with Gasteiger partial charge in [0, 0.05) is 50.6 Å². The van der Waals surface area contributed by atoms with E-state index in [1.165, 1.54) is 0 Å². The number of carbonyl (C=O) groups is 4. The number of benzene rings is 2. The lowest BCUT2D eigenvalue weighted by molar-refractivity contribution is -0.159. The minimum absolute atomic E-state index is 0.0458. The molecule has 260 valence electrons. The first-order valence-electron chi connectivity index (χ1n) is 17.4. The summed E-state index contributed by atoms with van der Waals surface area (Å²) in [6.07, 6.45) is 7.12. The Labute approximate surface area is 287 Å². The normalized spacial score (nSPS) is 29.2. The molecule has 49 heavy (non-hydrogen) atoms. The third kappa shape index (κ3) is 6.61. The van der Waals surface area contributed by atoms with E-state index in [1.807, 2.05) is 60.7 Å². The predicted molar refractivity (Wildman–Crippen MR) is 185 cm³/mol. The van der Waals surface area contributed by atoms with Gasteiger partial charge in [0.25, 0.3) is 5.91 Å². The maximum Gasteiger partial charge on any atom is 0.313 e. The van der Waals surface area contributed by atoms with Crippen molar-refractivity contribution in [3.05, 3.63) is 84.5 Å². The third-order valence-corrected chi connectivity index (χ3v) is 10.1. The molecule has 2 fully saturated rings. The highest BCUT2D eigenvalue weighted by Gasteiger charge is 2.71. The first kappa shape index (κ1) is 34.4. The molecule has 6 rings (SSSR count). The van der Waals surface area contributed by atoms with Crippen molar-refractivity contribution in [2.24, 2.45) is 11.8 Å². The Bertz CT molecular complexity index is 1570. The summed E-state index contributed by atoms with van der Waals surface area (Å²) in [5, 5.41) is 12.4. The molecule has 11 heteroatoms. The zero-order valence-corrected chi connectivity index (χ0v) is 28.2. The summed E-state index contributed by atoms with van der Waals surface area (Å²) >= 11 is 0. The van der Waals surface area contributed by atoms with Crippen LogP contribution in [0.15, 0.2) is 78.9 Å². The van der Waals surface area contributed by atoms with Crippen LogP contribution in [0.3, 0.4) is 0 Å². The molecule has 2 saturated heterocycles. The van der Waals surface area contributed by atoms with E-state index in [2.05, 4.69) is 24.1 Å². The van der Waals surface area contributed by atoms with E-state index in [4.69, 9.17) is 9.47 Å². The Morgan fingerprint density at radius 1 is 0.959 bits per heavy atom. The number of cyclic esters (lactones) is 1. The first-order valence-corrected chi connectivity index (χ1v) is 17.4. The molecule has 0 aromatic heterocycles. The molecular weight excluding hydrogens is 624 g/mol. The van der Waals surface area contributed by atoms with E-state index in [-0.39, 0.29) is 50.4 Å². The van der Waals surface area contributed by atoms with E-state index in [9.17, 15) is 24.3 Å². The van der Waals surface area contributed by atoms with Crippen molar-refractivity contribution in [1.82, 2.24) is 10.2 Å². The number of allylic oxidation sites excluding steroid dienone is 1. The van der Waals surface area contributed by atoms with Crippen molar-refractivity contribution in [3.8, 4) is 0 Å². The number of hydrogen-bond acceptors (Lipinski definition) is 8. The summed E-state index contributed by atoms with van der Waals surface area (Å²) in [5.74, 6) is -3.50. The minimum atomic E-state index is -1.43. The van der Waals surface area contributed by atoms with E-state index in [1.54, 1.807) is 28.0 Å². The van der Waals surface area contributed by atoms with Crippen LogP contribution in [-0.4, -0.2) is 90.8 Å². The number of anilines is 2. The molecular formula is C38H46N4O7. The molecule has 3 amide bonds. The second-order valence-electron chi connectivity index (χ2n) is 13.0. The van der Waals surface area contributed by atoms with E-state index < -0.39 is 41.7 Å². The smallest absolute Gasteiger partial charge is 0.313 e. The third-order valence-electron chi connectivity index (χ3n) is 10.1. The molecule has 1 spiro atoms. The van der Waals surface area contributed by atoms with Gasteiger partial charge in [0.15, 0.2) is 0 Å². The Morgan fingerprint density at radius 3 is 2.43 bits per heavy atom. The largest absolute Gasteiger partial charge is 0.455 e. The van der Waals surface area contributed by atoms with Crippen LogP contribution in [0.1, 0.15) is 51.2 Å². The van der Waals surface area contributed by atoms with Crippen molar-refractivity contribution >= 4 is 35.1 Å². The average molecular weight is 671 g/mol. The Kier molecular flexibility index (Phi) is 10.5. The lowest BCUT2D eigenvalue weighted by atomic mass is 9.78. The fourth-order valence-corrected chi connectivity index (χ4v) is 7.70. The molecule has 11 nitrogen and oxygen atoms in total. The number of unbranched alkanes of at least 4 members (excludes halogenated alkanes) is 1. The molecule has 0 aliphatic carbocycles. The predicted octanol–water partition coefficient (Wildman–Crippen LogP) is 3.54. The fourth-order valence-electron chi connectivity index (χ4n) is 7.70. The van der Waals surface area contributed by atoms with Crippen LogP contribution in [0.4, 0.5) is 11.4 Å². The molecule has 2 aromatic rings. The van der Waals surface area contributed by atoms with Gasteiger partial charge in [-0.15, -0.1) is 0 Å². The lowest BCUT2D eigenvalue weighted by Gasteiger charge is -2.35. The van der Waals surface area contributed by atoms with Crippen LogP contribution in [0.2, 0.25) is 0 Å². The van der Waals surface area contributed by atoms with Crippen molar-refractivity contribution in [2.75, 3.05) is 49.1 Å². The maximum absolute atomic E-state index is 14.8. The number of hydrogen-bond donors (Lipinski definition) is 2. The molecule has 0 saturated carbocycles. The Hall–Kier alpha value is -4.48. The van der Waals surface area contributed by atoms with Crippen LogP contribution in [0.5, 0.6) is 0 Å². The van der Waals surface area contributed by atoms with Crippen LogP contribution in [0.25, 0.3) is 0 Å². The number of nitrogens with zero attached hydrogens (tertiary/aromatic N) is 3. The van der Waals surface area contributed by atoms with Crippen molar-refractivity contribution in [2.45, 2.75) is 63.4 Å². The Morgan fingerprint density at radius 2 is 1.71 bits per heavy atom. The lowest BCUT2D eigenvalue weighted by Crippen LogP contribution is -2.55. The number of fused-ring (bicyclic) bond motifs is 2. The summed E-state index contributed by atoms with van der Waals surface area (Å²) in [6, 6.07) is 16.0. The van der Waals surface area contributed by atoms with Crippen LogP contribution >= 0.6 is 0 Å². The summed E-state index contributed by atoms with van der Waals surface area (Å²) in [5.41, 5.74) is 1.02. The number of rotatable bonds is 9. The van der Waals surface area contributed by atoms with Gasteiger partial charge in [0.1, 0.15) is 23.7 Å². The standard InChI is InChI=1S/C38H46N4O7/c1-3-40(4-2)27-17-19-28(20-18-27)41-23-12-21-38-33(35(45)42(22-10-11-24-43)34(38)36(41)46)32-29(49-38)15-8-9-16-31(44)39-25-30(48-37(32)47)26-13-6-5-7-14-26/h5-8,12-15,17-21,29-30,32-34,43H,3-4,9-11,16,22-25H2,1-2H3,(H,39,44)/b15-8-/t29-,30+,32+,33+,34-,38+/m1/s1.